The lowest BCUT2D eigenvalue weighted by molar-refractivity contribution is -0.120. The molecule has 1 saturated carbocycles. The van der Waals surface area contributed by atoms with Gasteiger partial charge in [0.15, 0.2) is 0 Å². The highest BCUT2D eigenvalue weighted by molar-refractivity contribution is 5.79. The molecule has 1 saturated heterocycles. The van der Waals surface area contributed by atoms with E-state index in [4.69, 9.17) is 10.5 Å². The quantitative estimate of drug-likeness (QED) is 0.647. The maximum Gasteiger partial charge on any atom is 0.234 e. The monoisotopic (exact) mass is 387 g/mol. The minimum atomic E-state index is -0.187. The molecule has 3 N–H and O–H groups in total. The summed E-state index contributed by atoms with van der Waals surface area (Å²) in [6, 6.07) is 8.69. The number of rotatable bonds is 10. The number of methoxy groups -OCH3 is 1. The van der Waals surface area contributed by atoms with Crippen LogP contribution in [0.1, 0.15) is 56.9 Å². The van der Waals surface area contributed by atoms with Crippen LogP contribution in [0.15, 0.2) is 24.3 Å². The van der Waals surface area contributed by atoms with Crippen LogP contribution in [0.5, 0.6) is 5.75 Å². The maximum atomic E-state index is 12.0. The number of primary amides is 1. The van der Waals surface area contributed by atoms with E-state index in [-0.39, 0.29) is 11.9 Å². The van der Waals surface area contributed by atoms with Gasteiger partial charge in [0.05, 0.1) is 13.2 Å². The lowest BCUT2D eigenvalue weighted by Gasteiger charge is -2.29. The first-order valence-corrected chi connectivity index (χ1v) is 11.1. The number of ether oxygens (including phenoxy) is 1. The Labute approximate surface area is 170 Å². The van der Waals surface area contributed by atoms with Gasteiger partial charge in [-0.2, -0.15) is 0 Å². The summed E-state index contributed by atoms with van der Waals surface area (Å²) in [5.74, 6) is 1.38. The molecule has 156 valence electrons. The van der Waals surface area contributed by atoms with Crippen LogP contribution >= 0.6 is 0 Å². The summed E-state index contributed by atoms with van der Waals surface area (Å²) < 4.78 is 5.24. The number of benzene rings is 1. The standard InChI is InChI=1S/C23H37N3O2/c1-28-21-11-9-18(10-12-21)13-15-26-14-5-8-20(26)17-25-22(23(24)27)16-19-6-3-2-4-7-19/h9-12,19-20,22,25H,2-8,13-17H2,1H3,(H2,24,27)/t20-,22+/m0/s1. The number of nitrogens with one attached hydrogen (secondary N) is 1. The van der Waals surface area contributed by atoms with Crippen molar-refractivity contribution in [2.45, 2.75) is 69.9 Å². The third-order valence-electron chi connectivity index (χ3n) is 6.58. The second-order valence-corrected chi connectivity index (χ2v) is 8.53. The van der Waals surface area contributed by atoms with Crippen LogP contribution in [0.4, 0.5) is 0 Å². The molecule has 28 heavy (non-hydrogen) atoms. The van der Waals surface area contributed by atoms with Crippen molar-refractivity contribution in [3.63, 3.8) is 0 Å². The van der Waals surface area contributed by atoms with Crippen LogP contribution in [0.2, 0.25) is 0 Å². The number of hydrogen-bond acceptors (Lipinski definition) is 4. The predicted octanol–water partition coefficient (Wildman–Crippen LogP) is 3.12. The van der Waals surface area contributed by atoms with E-state index in [0.29, 0.717) is 12.0 Å². The Balaban J connectivity index is 1.45. The first-order valence-electron chi connectivity index (χ1n) is 11.1. The average molecular weight is 388 g/mol. The van der Waals surface area contributed by atoms with Gasteiger partial charge in [-0.05, 0) is 55.8 Å². The lowest BCUT2D eigenvalue weighted by Crippen LogP contribution is -2.48. The predicted molar refractivity (Wildman–Crippen MR) is 113 cm³/mol. The van der Waals surface area contributed by atoms with Crippen molar-refractivity contribution >= 4 is 5.91 Å². The fourth-order valence-corrected chi connectivity index (χ4v) is 4.82. The fourth-order valence-electron chi connectivity index (χ4n) is 4.82. The molecule has 0 aromatic heterocycles. The third-order valence-corrected chi connectivity index (χ3v) is 6.58. The van der Waals surface area contributed by atoms with Crippen molar-refractivity contribution in [1.29, 1.82) is 0 Å². The Kier molecular flexibility index (Phi) is 8.16. The van der Waals surface area contributed by atoms with Crippen molar-refractivity contribution in [2.75, 3.05) is 26.7 Å². The van der Waals surface area contributed by atoms with Gasteiger partial charge in [-0.15, -0.1) is 0 Å². The molecule has 1 aromatic rings. The zero-order chi connectivity index (χ0) is 19.8. The number of carbonyl (C=O) groups is 1. The van der Waals surface area contributed by atoms with Crippen molar-refractivity contribution in [1.82, 2.24) is 10.2 Å². The van der Waals surface area contributed by atoms with E-state index in [9.17, 15) is 4.79 Å². The molecule has 0 spiro atoms. The topological polar surface area (TPSA) is 67.6 Å². The molecule has 1 aromatic carbocycles. The van der Waals surface area contributed by atoms with Gasteiger partial charge < -0.3 is 15.8 Å². The van der Waals surface area contributed by atoms with Gasteiger partial charge in [0.1, 0.15) is 5.75 Å². The van der Waals surface area contributed by atoms with Crippen molar-refractivity contribution in [2.24, 2.45) is 11.7 Å². The van der Waals surface area contributed by atoms with Gasteiger partial charge in [0.25, 0.3) is 0 Å². The summed E-state index contributed by atoms with van der Waals surface area (Å²) >= 11 is 0. The summed E-state index contributed by atoms with van der Waals surface area (Å²) in [7, 11) is 1.70. The number of likely N-dealkylation sites (tertiary alicyclic amines) is 1. The summed E-state index contributed by atoms with van der Waals surface area (Å²) in [4.78, 5) is 14.5. The van der Waals surface area contributed by atoms with Crippen LogP contribution in [0.25, 0.3) is 0 Å². The molecule has 5 heteroatoms. The summed E-state index contributed by atoms with van der Waals surface area (Å²) in [6.07, 6.45) is 10.8. The molecule has 3 rings (SSSR count). The molecular weight excluding hydrogens is 350 g/mol. The smallest absolute Gasteiger partial charge is 0.234 e. The SMILES string of the molecule is COc1ccc(CCN2CCC[C@H]2CN[C@H](CC2CCCCC2)C(N)=O)cc1. The van der Waals surface area contributed by atoms with Gasteiger partial charge in [0, 0.05) is 19.1 Å². The molecular formula is C23H37N3O2. The number of amides is 1. The molecule has 0 radical (unpaired) electrons. The van der Waals surface area contributed by atoms with Crippen LogP contribution in [-0.4, -0.2) is 49.6 Å². The summed E-state index contributed by atoms with van der Waals surface area (Å²) in [5.41, 5.74) is 7.05. The van der Waals surface area contributed by atoms with E-state index in [1.165, 1.54) is 50.5 Å². The van der Waals surface area contributed by atoms with E-state index >= 15 is 0 Å². The van der Waals surface area contributed by atoms with Crippen LogP contribution in [0.3, 0.4) is 0 Å². The molecule has 1 heterocycles. The Morgan fingerprint density at radius 1 is 1.18 bits per heavy atom. The van der Waals surface area contributed by atoms with E-state index in [1.54, 1.807) is 7.11 Å². The number of hydrogen-bond donors (Lipinski definition) is 2. The van der Waals surface area contributed by atoms with E-state index < -0.39 is 0 Å². The number of nitrogens with zero attached hydrogens (tertiary/aromatic N) is 1. The van der Waals surface area contributed by atoms with Gasteiger partial charge >= 0.3 is 0 Å². The summed E-state index contributed by atoms with van der Waals surface area (Å²) in [5, 5.41) is 3.52. The Morgan fingerprint density at radius 2 is 1.93 bits per heavy atom. The molecule has 2 fully saturated rings. The normalized spacial score (nSPS) is 22.2. The Bertz CT molecular complexity index is 598. The number of carbonyl (C=O) groups excluding carboxylic acids is 1. The van der Waals surface area contributed by atoms with Crippen molar-refractivity contribution in [3.8, 4) is 5.75 Å². The van der Waals surface area contributed by atoms with Gasteiger partial charge in [-0.25, -0.2) is 0 Å². The molecule has 0 unspecified atom stereocenters. The fraction of sp³-hybridized carbons (Fsp3) is 0.696. The summed E-state index contributed by atoms with van der Waals surface area (Å²) in [6.45, 7) is 3.07. The highest BCUT2D eigenvalue weighted by Crippen LogP contribution is 2.27. The second kappa shape index (κ2) is 10.8. The molecule has 2 aliphatic rings. The van der Waals surface area contributed by atoms with E-state index in [1.807, 2.05) is 12.1 Å². The zero-order valence-electron chi connectivity index (χ0n) is 17.4. The minimum Gasteiger partial charge on any atom is -0.497 e. The molecule has 0 bridgehead atoms. The van der Waals surface area contributed by atoms with E-state index in [2.05, 4.69) is 22.3 Å². The van der Waals surface area contributed by atoms with Crippen LogP contribution < -0.4 is 15.8 Å². The molecule has 1 amide bonds. The highest BCUT2D eigenvalue weighted by atomic mass is 16.5. The zero-order valence-corrected chi connectivity index (χ0v) is 17.4. The number of nitrogens with two attached hydrogens (primary N) is 1. The highest BCUT2D eigenvalue weighted by Gasteiger charge is 2.27. The van der Waals surface area contributed by atoms with Gasteiger partial charge in [0.2, 0.25) is 5.91 Å². The average Bonchev–Trinajstić information content (AvgIpc) is 3.18. The van der Waals surface area contributed by atoms with E-state index in [0.717, 1.165) is 38.2 Å². The largest absolute Gasteiger partial charge is 0.497 e. The molecule has 2 atom stereocenters. The molecule has 1 aliphatic heterocycles. The molecule has 1 aliphatic carbocycles. The lowest BCUT2D eigenvalue weighted by atomic mass is 9.84. The Hall–Kier alpha value is -1.59. The van der Waals surface area contributed by atoms with Gasteiger partial charge in [-0.1, -0.05) is 44.2 Å². The Morgan fingerprint density at radius 3 is 2.61 bits per heavy atom. The molecule has 5 nitrogen and oxygen atoms in total. The van der Waals surface area contributed by atoms with Crippen LogP contribution in [-0.2, 0) is 11.2 Å². The minimum absolute atomic E-state index is 0.174. The first-order chi connectivity index (χ1) is 13.7. The second-order valence-electron chi connectivity index (χ2n) is 8.53. The first kappa shape index (κ1) is 21.1. The van der Waals surface area contributed by atoms with Crippen molar-refractivity contribution in [3.05, 3.63) is 29.8 Å². The van der Waals surface area contributed by atoms with Crippen molar-refractivity contribution < 1.29 is 9.53 Å². The maximum absolute atomic E-state index is 12.0. The third kappa shape index (κ3) is 6.21. The van der Waals surface area contributed by atoms with Gasteiger partial charge in [-0.3, -0.25) is 9.69 Å². The van der Waals surface area contributed by atoms with Crippen LogP contribution in [0, 0.1) is 5.92 Å².